The second kappa shape index (κ2) is 11.9. The van der Waals surface area contributed by atoms with Crippen LogP contribution in [0.3, 0.4) is 0 Å². The summed E-state index contributed by atoms with van der Waals surface area (Å²) >= 11 is 0. The fraction of sp³-hybridized carbons (Fsp3) is 0.417. The fourth-order valence-electron chi connectivity index (χ4n) is 3.24. The zero-order valence-electron chi connectivity index (χ0n) is 17.7. The summed E-state index contributed by atoms with van der Waals surface area (Å²) in [5.41, 5.74) is 4.08. The highest BCUT2D eigenvalue weighted by atomic mass is 16.5. The highest BCUT2D eigenvalue weighted by Gasteiger charge is 2.17. The first-order chi connectivity index (χ1) is 14.1. The standard InChI is InChI=1S/C24H32N2O3/c1-4-15-26(16-14-23(27)29-6-3)24(28)21-12-9-10-19(17-21)18-25-22-13-8-7-11-20(22)5-2/h7-13,17,25H,4-6,14-16,18H2,1-3H3. The number of anilines is 1. The Labute approximate surface area is 174 Å². The van der Waals surface area contributed by atoms with E-state index in [2.05, 4.69) is 24.4 Å². The molecule has 0 aliphatic carbocycles. The van der Waals surface area contributed by atoms with E-state index in [0.717, 1.165) is 24.1 Å². The maximum absolute atomic E-state index is 13.0. The third-order valence-electron chi connectivity index (χ3n) is 4.73. The number of aryl methyl sites for hydroxylation is 1. The number of nitrogens with one attached hydrogen (secondary N) is 1. The van der Waals surface area contributed by atoms with E-state index in [1.807, 2.05) is 43.3 Å². The molecule has 0 aliphatic rings. The van der Waals surface area contributed by atoms with Crippen molar-refractivity contribution < 1.29 is 14.3 Å². The van der Waals surface area contributed by atoms with Crippen LogP contribution in [0.25, 0.3) is 0 Å². The molecule has 2 aromatic rings. The first kappa shape index (κ1) is 22.5. The van der Waals surface area contributed by atoms with E-state index in [0.29, 0.717) is 31.8 Å². The number of carbonyl (C=O) groups is 2. The van der Waals surface area contributed by atoms with Gasteiger partial charge in [0, 0.05) is 30.9 Å². The average molecular weight is 397 g/mol. The van der Waals surface area contributed by atoms with E-state index in [9.17, 15) is 9.59 Å². The number of amides is 1. The molecule has 2 aromatic carbocycles. The number of ether oxygens (including phenoxy) is 1. The molecule has 0 aliphatic heterocycles. The van der Waals surface area contributed by atoms with Crippen molar-refractivity contribution in [2.45, 2.75) is 46.6 Å². The summed E-state index contributed by atoms with van der Waals surface area (Å²) < 4.78 is 4.98. The van der Waals surface area contributed by atoms with Gasteiger partial charge in [0.2, 0.25) is 0 Å². The van der Waals surface area contributed by atoms with Gasteiger partial charge in [0.15, 0.2) is 0 Å². The highest BCUT2D eigenvalue weighted by Crippen LogP contribution is 2.17. The SMILES string of the molecule is CCCN(CCC(=O)OCC)C(=O)c1cccc(CNc2ccccc2CC)c1. The van der Waals surface area contributed by atoms with Crippen molar-refractivity contribution in [3.63, 3.8) is 0 Å². The van der Waals surface area contributed by atoms with Crippen molar-refractivity contribution in [2.24, 2.45) is 0 Å². The smallest absolute Gasteiger partial charge is 0.307 e. The first-order valence-corrected chi connectivity index (χ1v) is 10.4. The van der Waals surface area contributed by atoms with Gasteiger partial charge in [-0.25, -0.2) is 0 Å². The third kappa shape index (κ3) is 6.93. The molecule has 0 bridgehead atoms. The summed E-state index contributed by atoms with van der Waals surface area (Å²) in [7, 11) is 0. The van der Waals surface area contributed by atoms with E-state index in [1.54, 1.807) is 11.8 Å². The number of hydrogen-bond donors (Lipinski definition) is 1. The lowest BCUT2D eigenvalue weighted by atomic mass is 10.1. The molecule has 0 saturated carbocycles. The Morgan fingerprint density at radius 2 is 1.79 bits per heavy atom. The van der Waals surface area contributed by atoms with Crippen LogP contribution >= 0.6 is 0 Å². The van der Waals surface area contributed by atoms with Gasteiger partial charge in [0.05, 0.1) is 13.0 Å². The van der Waals surface area contributed by atoms with Crippen LogP contribution in [0.4, 0.5) is 5.69 Å². The monoisotopic (exact) mass is 396 g/mol. The highest BCUT2D eigenvalue weighted by molar-refractivity contribution is 5.94. The molecule has 5 nitrogen and oxygen atoms in total. The summed E-state index contributed by atoms with van der Waals surface area (Å²) in [5, 5.41) is 3.47. The van der Waals surface area contributed by atoms with Gasteiger partial charge in [-0.2, -0.15) is 0 Å². The lowest BCUT2D eigenvalue weighted by Crippen LogP contribution is -2.34. The van der Waals surface area contributed by atoms with Gasteiger partial charge in [-0.1, -0.05) is 44.2 Å². The van der Waals surface area contributed by atoms with Gasteiger partial charge in [-0.15, -0.1) is 0 Å². The van der Waals surface area contributed by atoms with Crippen LogP contribution in [0.2, 0.25) is 0 Å². The number of rotatable bonds is 11. The summed E-state index contributed by atoms with van der Waals surface area (Å²) in [5.74, 6) is -0.319. The molecular formula is C24H32N2O3. The van der Waals surface area contributed by atoms with E-state index in [4.69, 9.17) is 4.74 Å². The molecule has 156 valence electrons. The molecule has 1 amide bonds. The summed E-state index contributed by atoms with van der Waals surface area (Å²) in [6.07, 6.45) is 2.02. The lowest BCUT2D eigenvalue weighted by Gasteiger charge is -2.22. The van der Waals surface area contributed by atoms with Crippen LogP contribution in [0.5, 0.6) is 0 Å². The maximum atomic E-state index is 13.0. The molecule has 0 radical (unpaired) electrons. The summed E-state index contributed by atoms with van der Waals surface area (Å²) in [6.45, 7) is 7.94. The predicted molar refractivity (Wildman–Crippen MR) is 117 cm³/mol. The number of benzene rings is 2. The molecule has 29 heavy (non-hydrogen) atoms. The third-order valence-corrected chi connectivity index (χ3v) is 4.73. The topological polar surface area (TPSA) is 58.6 Å². The second-order valence-electron chi connectivity index (χ2n) is 6.91. The summed E-state index contributed by atoms with van der Waals surface area (Å²) in [6, 6.07) is 15.9. The normalized spacial score (nSPS) is 10.4. The molecule has 5 heteroatoms. The molecule has 0 saturated heterocycles. The minimum Gasteiger partial charge on any atom is -0.466 e. The predicted octanol–water partition coefficient (Wildman–Crippen LogP) is 4.67. The van der Waals surface area contributed by atoms with Gasteiger partial charge in [-0.3, -0.25) is 9.59 Å². The van der Waals surface area contributed by atoms with E-state index in [-0.39, 0.29) is 18.3 Å². The van der Waals surface area contributed by atoms with E-state index < -0.39 is 0 Å². The molecule has 0 atom stereocenters. The average Bonchev–Trinajstić information content (AvgIpc) is 2.75. The zero-order valence-corrected chi connectivity index (χ0v) is 17.7. The van der Waals surface area contributed by atoms with Gasteiger partial charge in [-0.05, 0) is 49.1 Å². The van der Waals surface area contributed by atoms with Crippen molar-refractivity contribution in [1.82, 2.24) is 4.90 Å². The Hall–Kier alpha value is -2.82. The molecule has 0 heterocycles. The number of hydrogen-bond acceptors (Lipinski definition) is 4. The van der Waals surface area contributed by atoms with E-state index in [1.165, 1.54) is 5.56 Å². The Balaban J connectivity index is 2.05. The maximum Gasteiger partial charge on any atom is 0.307 e. The lowest BCUT2D eigenvalue weighted by molar-refractivity contribution is -0.143. The Kier molecular flexibility index (Phi) is 9.22. The Morgan fingerprint density at radius 3 is 2.52 bits per heavy atom. The summed E-state index contributed by atoms with van der Waals surface area (Å²) in [4.78, 5) is 26.4. The van der Waals surface area contributed by atoms with Crippen LogP contribution in [0.1, 0.15) is 55.1 Å². The molecule has 2 rings (SSSR count). The van der Waals surface area contributed by atoms with Crippen molar-refractivity contribution in [1.29, 1.82) is 0 Å². The van der Waals surface area contributed by atoms with Gasteiger partial charge in [0.25, 0.3) is 5.91 Å². The number of para-hydroxylation sites is 1. The second-order valence-corrected chi connectivity index (χ2v) is 6.91. The molecule has 0 aromatic heterocycles. The number of carbonyl (C=O) groups excluding carboxylic acids is 2. The number of nitrogens with zero attached hydrogens (tertiary/aromatic N) is 1. The number of esters is 1. The van der Waals surface area contributed by atoms with Crippen molar-refractivity contribution >= 4 is 17.6 Å². The molecule has 0 spiro atoms. The van der Waals surface area contributed by atoms with Crippen LogP contribution in [0.15, 0.2) is 48.5 Å². The minimum atomic E-state index is -0.269. The van der Waals surface area contributed by atoms with Gasteiger partial charge >= 0.3 is 5.97 Å². The molecular weight excluding hydrogens is 364 g/mol. The van der Waals surface area contributed by atoms with Gasteiger partial charge in [0.1, 0.15) is 0 Å². The van der Waals surface area contributed by atoms with Crippen LogP contribution in [-0.4, -0.2) is 36.5 Å². The van der Waals surface area contributed by atoms with Crippen LogP contribution in [0, 0.1) is 0 Å². The van der Waals surface area contributed by atoms with E-state index >= 15 is 0 Å². The zero-order chi connectivity index (χ0) is 21.1. The fourth-order valence-corrected chi connectivity index (χ4v) is 3.24. The largest absolute Gasteiger partial charge is 0.466 e. The van der Waals surface area contributed by atoms with Crippen molar-refractivity contribution in [3.8, 4) is 0 Å². The molecule has 1 N–H and O–H groups in total. The first-order valence-electron chi connectivity index (χ1n) is 10.4. The van der Waals surface area contributed by atoms with Crippen molar-refractivity contribution in [2.75, 3.05) is 25.0 Å². The van der Waals surface area contributed by atoms with Crippen LogP contribution in [-0.2, 0) is 22.5 Å². The Morgan fingerprint density at radius 1 is 1.00 bits per heavy atom. The minimum absolute atomic E-state index is 0.0491. The quantitative estimate of drug-likeness (QED) is 0.561. The Bertz CT molecular complexity index is 804. The van der Waals surface area contributed by atoms with Crippen molar-refractivity contribution in [3.05, 3.63) is 65.2 Å². The molecule has 0 unspecified atom stereocenters. The van der Waals surface area contributed by atoms with Gasteiger partial charge < -0.3 is 15.0 Å². The molecule has 0 fully saturated rings. The van der Waals surface area contributed by atoms with Crippen LogP contribution < -0.4 is 5.32 Å².